The van der Waals surface area contributed by atoms with E-state index in [0.717, 1.165) is 16.7 Å². The van der Waals surface area contributed by atoms with E-state index in [2.05, 4.69) is 33.9 Å². The molecule has 8 nitrogen and oxygen atoms in total. The standard InChI is InChI=1S/C34H46O8Si/c1-32(2,3)43(7,8)41-22-29-30(35)31(36)33(39-6,42-29)23-40-34(24-12-10-9-11-13-24,25-14-18-27(37-4)19-15-25)26-16-20-28(38-5)21-17-26/h9-21,29-31,35-36H,22-23H2,1-8H3/t29-,30-,31+,33-/m1/s1. The van der Waals surface area contributed by atoms with Crippen LogP contribution >= 0.6 is 0 Å². The maximum absolute atomic E-state index is 11.4. The van der Waals surface area contributed by atoms with Crippen molar-refractivity contribution in [2.24, 2.45) is 0 Å². The molecule has 4 rings (SSSR count). The van der Waals surface area contributed by atoms with Crippen molar-refractivity contribution in [2.45, 2.75) is 68.6 Å². The van der Waals surface area contributed by atoms with E-state index in [4.69, 9.17) is 28.1 Å². The van der Waals surface area contributed by atoms with E-state index in [0.29, 0.717) is 11.5 Å². The Morgan fingerprint density at radius 1 is 0.767 bits per heavy atom. The summed E-state index contributed by atoms with van der Waals surface area (Å²) in [4.78, 5) is 0. The summed E-state index contributed by atoms with van der Waals surface area (Å²) < 4.78 is 36.3. The van der Waals surface area contributed by atoms with Crippen LogP contribution < -0.4 is 9.47 Å². The summed E-state index contributed by atoms with van der Waals surface area (Å²) in [6, 6.07) is 25.1. The Bertz CT molecular complexity index is 1260. The smallest absolute Gasteiger partial charge is 0.221 e. The molecule has 1 heterocycles. The number of ether oxygens (including phenoxy) is 5. The lowest BCUT2D eigenvalue weighted by Crippen LogP contribution is -2.51. The first-order valence-electron chi connectivity index (χ1n) is 14.5. The molecular formula is C34H46O8Si. The van der Waals surface area contributed by atoms with Crippen LogP contribution in [0.1, 0.15) is 37.5 Å². The molecule has 1 saturated heterocycles. The van der Waals surface area contributed by atoms with Crippen LogP contribution in [0, 0.1) is 0 Å². The minimum atomic E-state index is -2.14. The first kappa shape index (κ1) is 33.1. The Kier molecular flexibility index (Phi) is 10.1. The lowest BCUT2D eigenvalue weighted by molar-refractivity contribution is -0.278. The van der Waals surface area contributed by atoms with Gasteiger partial charge in [-0.05, 0) is 59.1 Å². The molecule has 0 amide bonds. The quantitative estimate of drug-likeness (QED) is 0.205. The lowest BCUT2D eigenvalue weighted by Gasteiger charge is -2.40. The van der Waals surface area contributed by atoms with Gasteiger partial charge in [0.05, 0.1) is 20.8 Å². The molecule has 234 valence electrons. The highest BCUT2D eigenvalue weighted by Crippen LogP contribution is 2.44. The lowest BCUT2D eigenvalue weighted by atomic mass is 9.80. The summed E-state index contributed by atoms with van der Waals surface area (Å²) in [6.45, 7) is 10.6. The van der Waals surface area contributed by atoms with E-state index in [1.165, 1.54) is 7.11 Å². The molecule has 43 heavy (non-hydrogen) atoms. The van der Waals surface area contributed by atoms with Gasteiger partial charge in [-0.1, -0.05) is 75.4 Å². The molecule has 0 spiro atoms. The highest BCUT2D eigenvalue weighted by atomic mass is 28.4. The van der Waals surface area contributed by atoms with Crippen molar-refractivity contribution < 1.29 is 38.3 Å². The summed E-state index contributed by atoms with van der Waals surface area (Å²) in [5.41, 5.74) is 1.33. The van der Waals surface area contributed by atoms with Gasteiger partial charge >= 0.3 is 0 Å². The van der Waals surface area contributed by atoms with Crippen LogP contribution in [0.4, 0.5) is 0 Å². The second-order valence-corrected chi connectivity index (χ2v) is 17.3. The molecule has 0 saturated carbocycles. The Morgan fingerprint density at radius 2 is 1.26 bits per heavy atom. The van der Waals surface area contributed by atoms with Crippen LogP contribution in [-0.2, 0) is 24.2 Å². The Hall–Kier alpha value is -2.76. The number of rotatable bonds is 12. The van der Waals surface area contributed by atoms with E-state index in [1.807, 2.05) is 78.9 Å². The third-order valence-corrected chi connectivity index (χ3v) is 13.4. The van der Waals surface area contributed by atoms with Crippen LogP contribution in [-0.4, -0.2) is 77.2 Å². The van der Waals surface area contributed by atoms with E-state index in [-0.39, 0.29) is 18.3 Å². The second kappa shape index (κ2) is 13.1. The Morgan fingerprint density at radius 3 is 1.70 bits per heavy atom. The molecular weight excluding hydrogens is 564 g/mol. The number of aliphatic hydroxyl groups excluding tert-OH is 2. The van der Waals surface area contributed by atoms with Crippen molar-refractivity contribution in [1.82, 2.24) is 0 Å². The molecule has 3 aromatic rings. The predicted molar refractivity (Wildman–Crippen MR) is 168 cm³/mol. The Balaban J connectivity index is 1.75. The van der Waals surface area contributed by atoms with Gasteiger partial charge in [0, 0.05) is 7.11 Å². The fraction of sp³-hybridized carbons (Fsp3) is 0.471. The van der Waals surface area contributed by atoms with Gasteiger partial charge < -0.3 is 38.3 Å². The molecule has 0 aliphatic carbocycles. The molecule has 3 aromatic carbocycles. The van der Waals surface area contributed by atoms with Crippen molar-refractivity contribution in [2.75, 3.05) is 34.5 Å². The van der Waals surface area contributed by atoms with Crippen LogP contribution in [0.3, 0.4) is 0 Å². The van der Waals surface area contributed by atoms with Gasteiger partial charge in [0.25, 0.3) is 0 Å². The van der Waals surface area contributed by atoms with Crippen LogP contribution in [0.25, 0.3) is 0 Å². The third-order valence-electron chi connectivity index (χ3n) is 8.93. The molecule has 0 aromatic heterocycles. The average molecular weight is 611 g/mol. The minimum absolute atomic E-state index is 0.0252. The molecule has 9 heteroatoms. The van der Waals surface area contributed by atoms with Gasteiger partial charge in [0.2, 0.25) is 5.79 Å². The zero-order valence-electron chi connectivity index (χ0n) is 26.5. The first-order chi connectivity index (χ1) is 20.3. The van der Waals surface area contributed by atoms with Gasteiger partial charge in [-0.2, -0.15) is 0 Å². The van der Waals surface area contributed by atoms with Gasteiger partial charge in [0.1, 0.15) is 42.0 Å². The molecule has 0 bridgehead atoms. The number of hydrogen-bond donors (Lipinski definition) is 2. The summed E-state index contributed by atoms with van der Waals surface area (Å²) in [5.74, 6) is -0.244. The summed E-state index contributed by atoms with van der Waals surface area (Å²) >= 11 is 0. The molecule has 0 radical (unpaired) electrons. The highest BCUT2D eigenvalue weighted by Gasteiger charge is 2.57. The van der Waals surface area contributed by atoms with Crippen molar-refractivity contribution in [1.29, 1.82) is 0 Å². The van der Waals surface area contributed by atoms with E-state index in [9.17, 15) is 10.2 Å². The van der Waals surface area contributed by atoms with Crippen molar-refractivity contribution in [3.05, 3.63) is 95.6 Å². The third kappa shape index (κ3) is 6.54. The largest absolute Gasteiger partial charge is 0.497 e. The molecule has 0 unspecified atom stereocenters. The van der Waals surface area contributed by atoms with E-state index >= 15 is 0 Å². The van der Waals surface area contributed by atoms with Gasteiger partial charge in [-0.15, -0.1) is 0 Å². The first-order valence-corrected chi connectivity index (χ1v) is 17.5. The highest BCUT2D eigenvalue weighted by molar-refractivity contribution is 6.74. The van der Waals surface area contributed by atoms with Crippen LogP contribution in [0.2, 0.25) is 18.1 Å². The number of methoxy groups -OCH3 is 3. The topological polar surface area (TPSA) is 95.8 Å². The average Bonchev–Trinajstić information content (AvgIpc) is 3.26. The minimum Gasteiger partial charge on any atom is -0.497 e. The number of benzene rings is 3. The zero-order valence-corrected chi connectivity index (χ0v) is 27.5. The molecule has 1 aliphatic heterocycles. The number of aliphatic hydroxyl groups is 2. The maximum atomic E-state index is 11.4. The van der Waals surface area contributed by atoms with Crippen molar-refractivity contribution in [3.63, 3.8) is 0 Å². The molecule has 4 atom stereocenters. The van der Waals surface area contributed by atoms with Crippen molar-refractivity contribution in [3.8, 4) is 11.5 Å². The second-order valence-electron chi connectivity index (χ2n) is 12.5. The van der Waals surface area contributed by atoms with Crippen LogP contribution in [0.5, 0.6) is 11.5 Å². The zero-order chi connectivity index (χ0) is 31.5. The SMILES string of the molecule is COc1ccc(C(OC[C@@]2(OC)O[C@H](CO[Si](C)(C)C(C)(C)C)[C@@H](O)[C@@H]2O)(c2ccccc2)c2ccc(OC)cc2)cc1. The van der Waals surface area contributed by atoms with Crippen LogP contribution in [0.15, 0.2) is 78.9 Å². The predicted octanol–water partition coefficient (Wildman–Crippen LogP) is 5.50. The van der Waals surface area contributed by atoms with E-state index < -0.39 is 38.0 Å². The summed E-state index contributed by atoms with van der Waals surface area (Å²) in [7, 11) is 2.55. The normalized spacial score (nSPS) is 22.9. The maximum Gasteiger partial charge on any atom is 0.221 e. The molecule has 1 aliphatic rings. The summed E-state index contributed by atoms with van der Waals surface area (Å²) in [6.07, 6.45) is -3.42. The van der Waals surface area contributed by atoms with Crippen molar-refractivity contribution >= 4 is 8.32 Å². The van der Waals surface area contributed by atoms with Gasteiger partial charge in [-0.3, -0.25) is 0 Å². The van der Waals surface area contributed by atoms with E-state index in [1.54, 1.807) is 14.2 Å². The monoisotopic (exact) mass is 610 g/mol. The van der Waals surface area contributed by atoms with Gasteiger partial charge in [-0.25, -0.2) is 0 Å². The molecule has 2 N–H and O–H groups in total. The number of hydrogen-bond acceptors (Lipinski definition) is 8. The summed E-state index contributed by atoms with van der Waals surface area (Å²) in [5, 5.41) is 22.4. The molecule has 1 fully saturated rings. The van der Waals surface area contributed by atoms with Gasteiger partial charge in [0.15, 0.2) is 8.32 Å². The fourth-order valence-corrected chi connectivity index (χ4v) is 6.14. The fourth-order valence-electron chi connectivity index (χ4n) is 5.13. The Labute approximate surface area is 256 Å².